The lowest BCUT2D eigenvalue weighted by atomic mass is 9.65. The lowest BCUT2D eigenvalue weighted by Gasteiger charge is -2.45. The predicted molar refractivity (Wildman–Crippen MR) is 207 cm³/mol. The Morgan fingerprint density at radius 2 is 0.429 bits per heavy atom. The molecule has 0 unspecified atom stereocenters. The van der Waals surface area contributed by atoms with Crippen molar-refractivity contribution in [2.75, 3.05) is 20.3 Å². The van der Waals surface area contributed by atoms with Gasteiger partial charge in [-0.2, -0.15) is 0 Å². The third-order valence-corrected chi connectivity index (χ3v) is 8.58. The van der Waals surface area contributed by atoms with Gasteiger partial charge in [0.05, 0.1) is 5.41 Å². The quantitative estimate of drug-likeness (QED) is 0.135. The smallest absolute Gasteiger partial charge is 0.0701 e. The number of anilines is 4. The Balaban J connectivity index is 2.05. The first kappa shape index (κ1) is 37.7. The lowest BCUT2D eigenvalue weighted by Crippen LogP contribution is -2.37. The molecule has 4 rings (SSSR count). The van der Waals surface area contributed by atoms with Gasteiger partial charge in [-0.15, -0.1) is 0 Å². The molecule has 0 atom stereocenters. The van der Waals surface area contributed by atoms with Crippen LogP contribution in [-0.2, 0) is 5.41 Å². The molecule has 4 aromatic rings. The van der Waals surface area contributed by atoms with Crippen LogP contribution in [0.5, 0.6) is 0 Å². The second-order valence-electron chi connectivity index (χ2n) is 16.8. The van der Waals surface area contributed by atoms with Crippen LogP contribution in [0.15, 0.2) is 97.1 Å². The van der Waals surface area contributed by atoms with Crippen LogP contribution >= 0.6 is 0 Å². The molecule has 0 saturated carbocycles. The summed E-state index contributed by atoms with van der Waals surface area (Å²) in [6.07, 6.45) is 0. The summed E-state index contributed by atoms with van der Waals surface area (Å²) in [6, 6.07) is 30.3. The second-order valence-corrected chi connectivity index (χ2v) is 16.8. The largest absolute Gasteiger partial charge is 0.758 e. The molecule has 0 N–H and O–H groups in total. The van der Waals surface area contributed by atoms with Crippen molar-refractivity contribution in [2.24, 2.45) is 0 Å². The molecule has 0 radical (unpaired) electrons. The standard InChI is InChI=1S/C41H52N4O4/c1-37(2,3)42(46)33-21-13-29(14-22-33)41(30-15-23-34(24-16-30)43(47)38(4,5)6,31-17-25-35(26-18-31)44(48)39(7,8)9)32-19-27-36(28-20-32)45(49)40(10,11)12/h13-28H,1-12H3/q-4. The van der Waals surface area contributed by atoms with E-state index in [1.54, 1.807) is 0 Å². The van der Waals surface area contributed by atoms with Crippen LogP contribution in [0.1, 0.15) is 105 Å². The van der Waals surface area contributed by atoms with Gasteiger partial charge in [0, 0.05) is 44.9 Å². The van der Waals surface area contributed by atoms with E-state index in [9.17, 15) is 20.8 Å². The Morgan fingerprint density at radius 1 is 0.286 bits per heavy atom. The average Bonchev–Trinajstić information content (AvgIpc) is 3.03. The van der Waals surface area contributed by atoms with Gasteiger partial charge in [0.15, 0.2) is 0 Å². The van der Waals surface area contributed by atoms with Crippen LogP contribution in [0.3, 0.4) is 0 Å². The maximum atomic E-state index is 13.2. The number of benzene rings is 4. The first-order chi connectivity index (χ1) is 22.5. The SMILES string of the molecule is CC(C)(C)N([O-])c1ccc(C(c2ccc(N([O-])C(C)(C)C)cc2)(c2ccc(N([O-])C(C)(C)C)cc2)c2ccc(N([O-])C(C)(C)C)cc2)cc1. The van der Waals surface area contributed by atoms with E-state index < -0.39 is 27.6 Å². The van der Waals surface area contributed by atoms with Crippen LogP contribution in [0, 0.1) is 20.8 Å². The Hall–Kier alpha value is -4.08. The molecule has 0 aliphatic heterocycles. The zero-order chi connectivity index (χ0) is 36.7. The van der Waals surface area contributed by atoms with E-state index in [0.717, 1.165) is 42.5 Å². The second kappa shape index (κ2) is 13.3. The maximum absolute atomic E-state index is 13.2. The Kier molecular flexibility index (Phi) is 10.3. The minimum Gasteiger partial charge on any atom is -0.758 e. The third kappa shape index (κ3) is 7.73. The Morgan fingerprint density at radius 3 is 0.551 bits per heavy atom. The summed E-state index contributed by atoms with van der Waals surface area (Å²) >= 11 is 0. The summed E-state index contributed by atoms with van der Waals surface area (Å²) in [6.45, 7) is 22.4. The summed E-state index contributed by atoms with van der Waals surface area (Å²) in [5.74, 6) is 0. The first-order valence-corrected chi connectivity index (χ1v) is 16.8. The van der Waals surface area contributed by atoms with Gasteiger partial charge in [0.25, 0.3) is 0 Å². The molecule has 0 heterocycles. The monoisotopic (exact) mass is 664 g/mol. The number of rotatable bonds is 8. The van der Waals surface area contributed by atoms with Gasteiger partial charge in [-0.05, 0) is 154 Å². The molecule has 4 aromatic carbocycles. The van der Waals surface area contributed by atoms with E-state index >= 15 is 0 Å². The van der Waals surface area contributed by atoms with Crippen molar-refractivity contribution in [1.29, 1.82) is 0 Å². The highest BCUT2D eigenvalue weighted by Crippen LogP contribution is 2.47. The van der Waals surface area contributed by atoms with Crippen molar-refractivity contribution in [3.63, 3.8) is 0 Å². The number of hydrogen-bond donors (Lipinski definition) is 0. The number of hydrogen-bond acceptors (Lipinski definition) is 8. The molecule has 49 heavy (non-hydrogen) atoms. The van der Waals surface area contributed by atoms with E-state index in [1.165, 1.54) is 0 Å². The summed E-state index contributed by atoms with van der Waals surface area (Å²) in [4.78, 5) is 0. The highest BCUT2D eigenvalue weighted by molar-refractivity contribution is 5.67. The van der Waals surface area contributed by atoms with Crippen molar-refractivity contribution in [2.45, 2.75) is 111 Å². The van der Waals surface area contributed by atoms with Gasteiger partial charge in [0.2, 0.25) is 0 Å². The van der Waals surface area contributed by atoms with Gasteiger partial charge >= 0.3 is 0 Å². The van der Waals surface area contributed by atoms with Crippen molar-refractivity contribution in [3.05, 3.63) is 140 Å². The maximum Gasteiger partial charge on any atom is 0.0701 e. The van der Waals surface area contributed by atoms with Crippen LogP contribution in [-0.4, -0.2) is 22.2 Å². The molecule has 8 nitrogen and oxygen atoms in total. The van der Waals surface area contributed by atoms with Crippen LogP contribution in [0.25, 0.3) is 0 Å². The highest BCUT2D eigenvalue weighted by atomic mass is 16.5. The van der Waals surface area contributed by atoms with E-state index in [4.69, 9.17) is 0 Å². The minimum absolute atomic E-state index is 0.526. The molecular formula is C41H52N4O4-4. The highest BCUT2D eigenvalue weighted by Gasteiger charge is 2.39. The summed E-state index contributed by atoms with van der Waals surface area (Å²) in [5, 5.41) is 56.8. The molecule has 0 aromatic heterocycles. The molecule has 8 heteroatoms. The molecule has 0 spiro atoms. The summed E-state index contributed by atoms with van der Waals surface area (Å²) < 4.78 is 0. The topological polar surface area (TPSA) is 105 Å². The predicted octanol–water partition coefficient (Wildman–Crippen LogP) is 10.5. The molecule has 0 aliphatic carbocycles. The molecule has 0 saturated heterocycles. The number of hydroxylamine groups is 4. The molecule has 0 fully saturated rings. The molecule has 0 bridgehead atoms. The zero-order valence-corrected chi connectivity index (χ0v) is 31.2. The molecular weight excluding hydrogens is 612 g/mol. The summed E-state index contributed by atoms with van der Waals surface area (Å²) in [7, 11) is 0. The zero-order valence-electron chi connectivity index (χ0n) is 31.2. The summed E-state index contributed by atoms with van der Waals surface area (Å²) in [5.41, 5.74) is 2.07. The van der Waals surface area contributed by atoms with Gasteiger partial charge in [-0.25, -0.2) is 0 Å². The average molecular weight is 665 g/mol. The van der Waals surface area contributed by atoms with Crippen molar-refractivity contribution >= 4 is 22.7 Å². The fourth-order valence-corrected chi connectivity index (χ4v) is 5.94. The third-order valence-electron chi connectivity index (χ3n) is 8.58. The van der Waals surface area contributed by atoms with Crippen molar-refractivity contribution < 1.29 is 0 Å². The van der Waals surface area contributed by atoms with E-state index in [-0.39, 0.29) is 0 Å². The first-order valence-electron chi connectivity index (χ1n) is 16.8. The lowest BCUT2D eigenvalue weighted by molar-refractivity contribution is 0.556. The Bertz CT molecular complexity index is 1420. The fraction of sp³-hybridized carbons (Fsp3) is 0.415. The van der Waals surface area contributed by atoms with Crippen molar-refractivity contribution in [1.82, 2.24) is 0 Å². The molecule has 0 amide bonds. The van der Waals surface area contributed by atoms with Crippen LogP contribution < -0.4 is 20.3 Å². The molecule has 0 aliphatic rings. The van der Waals surface area contributed by atoms with Crippen molar-refractivity contribution in [3.8, 4) is 0 Å². The van der Waals surface area contributed by atoms with Crippen LogP contribution in [0.2, 0.25) is 0 Å². The van der Waals surface area contributed by atoms with E-state index in [2.05, 4.69) is 0 Å². The Labute approximate surface area is 293 Å². The normalized spacial score (nSPS) is 12.9. The van der Waals surface area contributed by atoms with Gasteiger partial charge in [0.1, 0.15) is 0 Å². The molecule has 264 valence electrons. The van der Waals surface area contributed by atoms with Gasteiger partial charge in [-0.3, -0.25) is 0 Å². The van der Waals surface area contributed by atoms with Gasteiger partial charge < -0.3 is 41.1 Å². The fourth-order valence-electron chi connectivity index (χ4n) is 5.94. The van der Waals surface area contributed by atoms with Gasteiger partial charge in [-0.1, -0.05) is 48.5 Å². The number of nitrogens with zero attached hydrogens (tertiary/aromatic N) is 4. The minimum atomic E-state index is -0.968. The van der Waals surface area contributed by atoms with E-state index in [1.807, 2.05) is 180 Å². The van der Waals surface area contributed by atoms with Crippen LogP contribution in [0.4, 0.5) is 22.7 Å². The van der Waals surface area contributed by atoms with E-state index in [0.29, 0.717) is 22.7 Å².